The summed E-state index contributed by atoms with van der Waals surface area (Å²) >= 11 is 0. The molecule has 0 spiro atoms. The first-order valence-corrected chi connectivity index (χ1v) is 8.39. The Hall–Kier alpha value is -0.120. The maximum absolute atomic E-state index is 5.77. The summed E-state index contributed by atoms with van der Waals surface area (Å²) in [5.74, 6) is 2.77. The number of likely N-dealkylation sites (tertiary alicyclic amines) is 1. The van der Waals surface area contributed by atoms with Gasteiger partial charge in [0.2, 0.25) is 0 Å². The minimum atomic E-state index is 0.785. The molecule has 4 aliphatic heterocycles. The standard InChI is InChI=1S/C16H31N3/c1-12(2)10-19-11-14-13-5-8-18(9-6-13)16(14)15(19)4-3-7-17/h12-16H,3-11,17H2,1-2H3. The Balaban J connectivity index is 1.75. The molecule has 0 aromatic carbocycles. The summed E-state index contributed by atoms with van der Waals surface area (Å²) < 4.78 is 0. The summed E-state index contributed by atoms with van der Waals surface area (Å²) in [7, 11) is 0. The van der Waals surface area contributed by atoms with Crippen LogP contribution in [0.3, 0.4) is 0 Å². The molecule has 0 aliphatic carbocycles. The normalized spacial score (nSPS) is 42.0. The van der Waals surface area contributed by atoms with Crippen molar-refractivity contribution in [2.75, 3.05) is 32.7 Å². The number of hydrogen-bond donors (Lipinski definition) is 1. The molecule has 4 fully saturated rings. The van der Waals surface area contributed by atoms with Gasteiger partial charge in [-0.25, -0.2) is 0 Å². The second kappa shape index (κ2) is 5.71. The molecule has 2 N–H and O–H groups in total. The average molecular weight is 265 g/mol. The van der Waals surface area contributed by atoms with Crippen LogP contribution >= 0.6 is 0 Å². The maximum atomic E-state index is 5.77. The fraction of sp³-hybridized carbons (Fsp3) is 1.00. The van der Waals surface area contributed by atoms with Gasteiger partial charge in [0.15, 0.2) is 0 Å². The Morgan fingerprint density at radius 1 is 1.21 bits per heavy atom. The molecule has 19 heavy (non-hydrogen) atoms. The summed E-state index contributed by atoms with van der Waals surface area (Å²) in [5, 5.41) is 0. The molecule has 2 bridgehead atoms. The molecule has 0 radical (unpaired) electrons. The molecule has 3 heteroatoms. The van der Waals surface area contributed by atoms with E-state index in [4.69, 9.17) is 5.73 Å². The van der Waals surface area contributed by atoms with Gasteiger partial charge in [-0.2, -0.15) is 0 Å². The molecule has 4 aliphatic rings. The number of fused-ring (bicyclic) bond motifs is 2. The predicted octanol–water partition coefficient (Wildman–Crippen LogP) is 1.78. The molecule has 0 saturated carbocycles. The van der Waals surface area contributed by atoms with E-state index in [1.165, 1.54) is 51.9 Å². The van der Waals surface area contributed by atoms with E-state index in [2.05, 4.69) is 23.6 Å². The van der Waals surface area contributed by atoms with E-state index >= 15 is 0 Å². The molecule has 110 valence electrons. The van der Waals surface area contributed by atoms with Crippen LogP contribution in [0.1, 0.15) is 39.5 Å². The van der Waals surface area contributed by atoms with Gasteiger partial charge >= 0.3 is 0 Å². The summed E-state index contributed by atoms with van der Waals surface area (Å²) in [6.45, 7) is 10.9. The Bertz CT molecular complexity index is 296. The first kappa shape index (κ1) is 13.8. The molecule has 4 rings (SSSR count). The van der Waals surface area contributed by atoms with Crippen molar-refractivity contribution in [2.45, 2.75) is 51.6 Å². The lowest BCUT2D eigenvalue weighted by molar-refractivity contribution is 0.00193. The van der Waals surface area contributed by atoms with Crippen molar-refractivity contribution >= 4 is 0 Å². The Morgan fingerprint density at radius 2 is 1.95 bits per heavy atom. The highest BCUT2D eigenvalue weighted by atomic mass is 15.3. The van der Waals surface area contributed by atoms with Crippen molar-refractivity contribution in [3.05, 3.63) is 0 Å². The van der Waals surface area contributed by atoms with E-state index in [0.29, 0.717) is 0 Å². The predicted molar refractivity (Wildman–Crippen MR) is 80.1 cm³/mol. The van der Waals surface area contributed by atoms with Crippen LogP contribution in [0.25, 0.3) is 0 Å². The van der Waals surface area contributed by atoms with Gasteiger partial charge in [-0.1, -0.05) is 13.8 Å². The van der Waals surface area contributed by atoms with Gasteiger partial charge in [-0.15, -0.1) is 0 Å². The minimum absolute atomic E-state index is 0.785. The summed E-state index contributed by atoms with van der Waals surface area (Å²) in [6, 6.07) is 1.65. The topological polar surface area (TPSA) is 32.5 Å². The molecule has 0 aromatic heterocycles. The number of hydrogen-bond acceptors (Lipinski definition) is 3. The lowest BCUT2D eigenvalue weighted by Crippen LogP contribution is -2.57. The summed E-state index contributed by atoms with van der Waals surface area (Å²) in [5.41, 5.74) is 5.77. The van der Waals surface area contributed by atoms with E-state index in [9.17, 15) is 0 Å². The first-order valence-electron chi connectivity index (χ1n) is 8.39. The minimum Gasteiger partial charge on any atom is -0.330 e. The molecule has 3 unspecified atom stereocenters. The molecule has 3 nitrogen and oxygen atoms in total. The quantitative estimate of drug-likeness (QED) is 0.822. The highest BCUT2D eigenvalue weighted by molar-refractivity contribution is 5.06. The van der Waals surface area contributed by atoms with Gasteiger partial charge < -0.3 is 5.73 Å². The number of rotatable bonds is 5. The van der Waals surface area contributed by atoms with Crippen molar-refractivity contribution in [2.24, 2.45) is 23.5 Å². The zero-order chi connectivity index (χ0) is 13.4. The first-order chi connectivity index (χ1) is 9.20. The van der Waals surface area contributed by atoms with Gasteiger partial charge in [0.05, 0.1) is 0 Å². The third-order valence-electron chi connectivity index (χ3n) is 5.65. The van der Waals surface area contributed by atoms with E-state index in [0.717, 1.165) is 36.4 Å². The molecular weight excluding hydrogens is 234 g/mol. The van der Waals surface area contributed by atoms with Crippen LogP contribution in [0.5, 0.6) is 0 Å². The van der Waals surface area contributed by atoms with Crippen molar-refractivity contribution in [1.29, 1.82) is 0 Å². The Kier molecular flexibility index (Phi) is 4.16. The SMILES string of the molecule is CC(C)CN1CC2C3CCN(CC3)C2C1CCCN. The summed E-state index contributed by atoms with van der Waals surface area (Å²) in [4.78, 5) is 5.62. The van der Waals surface area contributed by atoms with Crippen LogP contribution in [-0.4, -0.2) is 54.6 Å². The second-order valence-electron chi connectivity index (χ2n) is 7.37. The fourth-order valence-electron chi connectivity index (χ4n) is 4.96. The van der Waals surface area contributed by atoms with Gasteiger partial charge in [-0.05, 0) is 63.1 Å². The van der Waals surface area contributed by atoms with Gasteiger partial charge in [-0.3, -0.25) is 9.80 Å². The zero-order valence-corrected chi connectivity index (χ0v) is 12.7. The van der Waals surface area contributed by atoms with Crippen molar-refractivity contribution < 1.29 is 0 Å². The van der Waals surface area contributed by atoms with Crippen LogP contribution in [0.15, 0.2) is 0 Å². The average Bonchev–Trinajstić information content (AvgIpc) is 2.77. The van der Waals surface area contributed by atoms with Crippen LogP contribution in [0.2, 0.25) is 0 Å². The number of nitrogens with zero attached hydrogens (tertiary/aromatic N) is 2. The van der Waals surface area contributed by atoms with Crippen molar-refractivity contribution in [3.8, 4) is 0 Å². The van der Waals surface area contributed by atoms with Gasteiger partial charge in [0, 0.05) is 25.2 Å². The molecular formula is C16H31N3. The third kappa shape index (κ3) is 2.57. The van der Waals surface area contributed by atoms with Crippen LogP contribution < -0.4 is 5.73 Å². The molecule has 0 amide bonds. The fourth-order valence-corrected chi connectivity index (χ4v) is 4.96. The molecule has 0 aromatic rings. The largest absolute Gasteiger partial charge is 0.330 e. The maximum Gasteiger partial charge on any atom is 0.0294 e. The highest BCUT2D eigenvalue weighted by Crippen LogP contribution is 2.45. The monoisotopic (exact) mass is 265 g/mol. The summed E-state index contributed by atoms with van der Waals surface area (Å²) in [6.07, 6.45) is 5.43. The highest BCUT2D eigenvalue weighted by Gasteiger charge is 2.51. The Labute approximate surface area is 118 Å². The van der Waals surface area contributed by atoms with E-state index in [-0.39, 0.29) is 0 Å². The Morgan fingerprint density at radius 3 is 2.58 bits per heavy atom. The third-order valence-corrected chi connectivity index (χ3v) is 5.65. The number of nitrogens with two attached hydrogens (primary N) is 1. The van der Waals surface area contributed by atoms with Gasteiger partial charge in [0.25, 0.3) is 0 Å². The van der Waals surface area contributed by atoms with E-state index < -0.39 is 0 Å². The molecule has 3 atom stereocenters. The van der Waals surface area contributed by atoms with E-state index in [1.807, 2.05) is 0 Å². The second-order valence-corrected chi connectivity index (χ2v) is 7.37. The van der Waals surface area contributed by atoms with E-state index in [1.54, 1.807) is 0 Å². The lowest BCUT2D eigenvalue weighted by Gasteiger charge is -2.49. The lowest BCUT2D eigenvalue weighted by atomic mass is 9.73. The molecule has 4 saturated heterocycles. The van der Waals surface area contributed by atoms with Crippen LogP contribution in [-0.2, 0) is 0 Å². The van der Waals surface area contributed by atoms with Crippen LogP contribution in [0.4, 0.5) is 0 Å². The number of piperidine rings is 3. The smallest absolute Gasteiger partial charge is 0.0294 e. The zero-order valence-electron chi connectivity index (χ0n) is 12.7. The molecule has 4 heterocycles. The van der Waals surface area contributed by atoms with Crippen molar-refractivity contribution in [3.63, 3.8) is 0 Å². The van der Waals surface area contributed by atoms with Gasteiger partial charge in [0.1, 0.15) is 0 Å². The van der Waals surface area contributed by atoms with Crippen molar-refractivity contribution in [1.82, 2.24) is 9.80 Å². The van der Waals surface area contributed by atoms with Crippen LogP contribution in [0, 0.1) is 17.8 Å².